The van der Waals surface area contributed by atoms with Crippen molar-refractivity contribution in [3.63, 3.8) is 0 Å². The number of carbonyl (C=O) groups excluding carboxylic acids is 2. The Hall–Kier alpha value is -2.65. The molecule has 2 amide bonds. The van der Waals surface area contributed by atoms with Crippen molar-refractivity contribution in [1.82, 2.24) is 10.2 Å². The standard InChI is InChI=1S/C25H31ClFN3O4S/c1-17-8-11-20(26)14-23(17)30(35(3,33)34)16-24(31)29(15-19-9-12-21(27)13-10-19)18(2)25(32)28-22-6-4-5-7-22/h8-14,18,22H,4-7,15-16H2,1-3H3,(H,28,32). The maximum Gasteiger partial charge on any atom is 0.244 e. The normalized spacial score (nSPS) is 15.0. The molecule has 0 radical (unpaired) electrons. The van der Waals surface area contributed by atoms with E-state index in [0.29, 0.717) is 16.1 Å². The zero-order valence-electron chi connectivity index (χ0n) is 20.1. The maximum absolute atomic E-state index is 13.6. The van der Waals surface area contributed by atoms with Crippen molar-refractivity contribution in [2.24, 2.45) is 0 Å². The summed E-state index contributed by atoms with van der Waals surface area (Å²) in [7, 11) is -3.85. The summed E-state index contributed by atoms with van der Waals surface area (Å²) in [5, 5.41) is 3.33. The van der Waals surface area contributed by atoms with Gasteiger partial charge in [0.15, 0.2) is 0 Å². The van der Waals surface area contributed by atoms with E-state index in [0.717, 1.165) is 36.2 Å². The number of carbonyl (C=O) groups is 2. The lowest BCUT2D eigenvalue weighted by Crippen LogP contribution is -2.52. The number of anilines is 1. The van der Waals surface area contributed by atoms with E-state index in [1.54, 1.807) is 26.0 Å². The molecule has 190 valence electrons. The number of hydrogen-bond donors (Lipinski definition) is 1. The monoisotopic (exact) mass is 523 g/mol. The third-order valence-corrected chi connectivity index (χ3v) is 7.62. The van der Waals surface area contributed by atoms with Crippen LogP contribution in [0.15, 0.2) is 42.5 Å². The Morgan fingerprint density at radius 3 is 2.37 bits per heavy atom. The lowest BCUT2D eigenvalue weighted by Gasteiger charge is -2.32. The largest absolute Gasteiger partial charge is 0.352 e. The van der Waals surface area contributed by atoms with Crippen molar-refractivity contribution in [3.8, 4) is 0 Å². The van der Waals surface area contributed by atoms with Gasteiger partial charge in [-0.1, -0.05) is 42.6 Å². The molecule has 1 aliphatic rings. The van der Waals surface area contributed by atoms with Crippen LogP contribution in [-0.2, 0) is 26.2 Å². The second kappa shape index (κ2) is 11.4. The van der Waals surface area contributed by atoms with Gasteiger partial charge in [-0.2, -0.15) is 0 Å². The van der Waals surface area contributed by atoms with E-state index in [1.807, 2.05) is 0 Å². The second-order valence-electron chi connectivity index (χ2n) is 9.01. The average Bonchev–Trinajstić information content (AvgIpc) is 3.30. The van der Waals surface area contributed by atoms with Gasteiger partial charge in [0.05, 0.1) is 11.9 Å². The molecule has 1 N–H and O–H groups in total. The molecule has 2 aromatic rings. The maximum atomic E-state index is 13.6. The van der Waals surface area contributed by atoms with Gasteiger partial charge in [0.1, 0.15) is 18.4 Å². The van der Waals surface area contributed by atoms with Crippen LogP contribution in [0.4, 0.5) is 10.1 Å². The highest BCUT2D eigenvalue weighted by atomic mass is 35.5. The molecular formula is C25H31ClFN3O4S. The van der Waals surface area contributed by atoms with Crippen LogP contribution in [0.5, 0.6) is 0 Å². The molecule has 0 heterocycles. The topological polar surface area (TPSA) is 86.8 Å². The van der Waals surface area contributed by atoms with E-state index >= 15 is 0 Å². The molecule has 3 rings (SSSR count). The minimum Gasteiger partial charge on any atom is -0.352 e. The van der Waals surface area contributed by atoms with Crippen molar-refractivity contribution in [2.45, 2.75) is 58.2 Å². The summed E-state index contributed by atoms with van der Waals surface area (Å²) in [5.74, 6) is -1.29. The first-order chi connectivity index (χ1) is 16.5. The fourth-order valence-electron chi connectivity index (χ4n) is 4.21. The Balaban J connectivity index is 1.90. The van der Waals surface area contributed by atoms with Crippen LogP contribution >= 0.6 is 11.6 Å². The summed E-state index contributed by atoms with van der Waals surface area (Å²) in [6, 6.07) is 9.63. The predicted molar refractivity (Wildman–Crippen MR) is 135 cm³/mol. The van der Waals surface area contributed by atoms with Crippen molar-refractivity contribution in [2.75, 3.05) is 17.1 Å². The molecule has 35 heavy (non-hydrogen) atoms. The average molecular weight is 524 g/mol. The number of rotatable bonds is 9. The van der Waals surface area contributed by atoms with Crippen molar-refractivity contribution >= 4 is 39.1 Å². The first kappa shape index (κ1) is 26.9. The van der Waals surface area contributed by atoms with E-state index in [4.69, 9.17) is 11.6 Å². The summed E-state index contributed by atoms with van der Waals surface area (Å²) in [4.78, 5) is 27.9. The summed E-state index contributed by atoms with van der Waals surface area (Å²) in [5.41, 5.74) is 1.54. The van der Waals surface area contributed by atoms with E-state index < -0.39 is 34.3 Å². The molecule has 1 aliphatic carbocycles. The minimum absolute atomic E-state index is 0.0183. The Bertz CT molecular complexity index is 1170. The van der Waals surface area contributed by atoms with Gasteiger partial charge in [-0.3, -0.25) is 13.9 Å². The molecular weight excluding hydrogens is 493 g/mol. The molecule has 1 saturated carbocycles. The van der Waals surface area contributed by atoms with E-state index in [-0.39, 0.29) is 24.2 Å². The molecule has 0 spiro atoms. The fraction of sp³-hybridized carbons (Fsp3) is 0.440. The molecule has 10 heteroatoms. The number of nitrogens with zero attached hydrogens (tertiary/aromatic N) is 2. The molecule has 0 saturated heterocycles. The van der Waals surface area contributed by atoms with Gasteiger partial charge in [0, 0.05) is 17.6 Å². The van der Waals surface area contributed by atoms with Gasteiger partial charge < -0.3 is 10.2 Å². The first-order valence-corrected chi connectivity index (χ1v) is 13.8. The second-order valence-corrected chi connectivity index (χ2v) is 11.4. The van der Waals surface area contributed by atoms with Crippen molar-refractivity contribution < 1.29 is 22.4 Å². The smallest absolute Gasteiger partial charge is 0.244 e. The highest BCUT2D eigenvalue weighted by Gasteiger charge is 2.31. The molecule has 0 aliphatic heterocycles. The number of benzene rings is 2. The molecule has 1 unspecified atom stereocenters. The van der Waals surface area contributed by atoms with Gasteiger partial charge in [0.25, 0.3) is 0 Å². The van der Waals surface area contributed by atoms with Crippen LogP contribution in [0.3, 0.4) is 0 Å². The van der Waals surface area contributed by atoms with Gasteiger partial charge in [-0.25, -0.2) is 12.8 Å². The number of aryl methyl sites for hydroxylation is 1. The molecule has 1 fully saturated rings. The zero-order chi connectivity index (χ0) is 25.8. The zero-order valence-corrected chi connectivity index (χ0v) is 21.7. The molecule has 2 aromatic carbocycles. The van der Waals surface area contributed by atoms with Crippen LogP contribution in [0, 0.1) is 12.7 Å². The third kappa shape index (κ3) is 7.18. The molecule has 7 nitrogen and oxygen atoms in total. The predicted octanol–water partition coefficient (Wildman–Crippen LogP) is 4.03. The van der Waals surface area contributed by atoms with Gasteiger partial charge in [-0.05, 0) is 62.1 Å². The van der Waals surface area contributed by atoms with E-state index in [1.165, 1.54) is 35.2 Å². The lowest BCUT2D eigenvalue weighted by atomic mass is 10.1. The molecule has 0 bridgehead atoms. The molecule has 0 aromatic heterocycles. The summed E-state index contributed by atoms with van der Waals surface area (Å²) in [6.07, 6.45) is 4.88. The molecule has 1 atom stereocenters. The van der Waals surface area contributed by atoms with Crippen LogP contribution in [0.25, 0.3) is 0 Å². The highest BCUT2D eigenvalue weighted by molar-refractivity contribution is 7.92. The Morgan fingerprint density at radius 1 is 1.14 bits per heavy atom. The van der Waals surface area contributed by atoms with Gasteiger partial charge in [-0.15, -0.1) is 0 Å². The van der Waals surface area contributed by atoms with Crippen LogP contribution < -0.4 is 9.62 Å². The number of hydrogen-bond acceptors (Lipinski definition) is 4. The summed E-state index contributed by atoms with van der Waals surface area (Å²) >= 11 is 6.10. The first-order valence-electron chi connectivity index (χ1n) is 11.5. The van der Waals surface area contributed by atoms with Gasteiger partial charge >= 0.3 is 0 Å². The van der Waals surface area contributed by atoms with Crippen LogP contribution in [0.2, 0.25) is 5.02 Å². The quantitative estimate of drug-likeness (QED) is 0.537. The fourth-order valence-corrected chi connectivity index (χ4v) is 5.27. The number of halogens is 2. The van der Waals surface area contributed by atoms with E-state index in [2.05, 4.69) is 5.32 Å². The Morgan fingerprint density at radius 2 is 1.77 bits per heavy atom. The highest BCUT2D eigenvalue weighted by Crippen LogP contribution is 2.27. The van der Waals surface area contributed by atoms with E-state index in [9.17, 15) is 22.4 Å². The number of nitrogens with one attached hydrogen (secondary N) is 1. The van der Waals surface area contributed by atoms with Crippen LogP contribution in [-0.4, -0.2) is 50.0 Å². The van der Waals surface area contributed by atoms with Crippen LogP contribution in [0.1, 0.15) is 43.7 Å². The Kier molecular flexibility index (Phi) is 8.77. The lowest BCUT2D eigenvalue weighted by molar-refractivity contribution is -0.139. The SMILES string of the molecule is Cc1ccc(Cl)cc1N(CC(=O)N(Cc1ccc(F)cc1)C(C)C(=O)NC1CCCC1)S(C)(=O)=O. The van der Waals surface area contributed by atoms with Crippen molar-refractivity contribution in [3.05, 3.63) is 64.4 Å². The third-order valence-electron chi connectivity index (χ3n) is 6.25. The summed E-state index contributed by atoms with van der Waals surface area (Å²) in [6.45, 7) is 2.84. The van der Waals surface area contributed by atoms with Crippen molar-refractivity contribution in [1.29, 1.82) is 0 Å². The number of amides is 2. The summed E-state index contributed by atoms with van der Waals surface area (Å²) < 4.78 is 39.8. The van der Waals surface area contributed by atoms with Gasteiger partial charge in [0.2, 0.25) is 21.8 Å². The Labute approximate surface area is 211 Å². The number of sulfonamides is 1. The minimum atomic E-state index is -3.85.